The minimum Gasteiger partial charge on any atom is -0.443 e. The van der Waals surface area contributed by atoms with Crippen molar-refractivity contribution in [2.75, 3.05) is 46.4 Å². The monoisotopic (exact) mass is 490 g/mol. The fourth-order valence-corrected chi connectivity index (χ4v) is 7.06. The van der Waals surface area contributed by atoms with Crippen molar-refractivity contribution in [3.63, 3.8) is 0 Å². The minimum atomic E-state index is -0.304. The number of piperidine rings is 1. The number of epoxide rings is 2. The third-order valence-corrected chi connectivity index (χ3v) is 9.34. The van der Waals surface area contributed by atoms with E-state index in [0.717, 1.165) is 51.9 Å². The van der Waals surface area contributed by atoms with Crippen molar-refractivity contribution in [3.8, 4) is 0 Å². The molecule has 4 saturated heterocycles. The van der Waals surface area contributed by atoms with Gasteiger partial charge in [-0.1, -0.05) is 18.1 Å². The molecule has 0 aromatic rings. The fraction of sp³-hybridized carbons (Fsp3) is 0.893. The van der Waals surface area contributed by atoms with Gasteiger partial charge in [-0.25, -0.2) is 4.79 Å². The van der Waals surface area contributed by atoms with Crippen molar-refractivity contribution in [2.45, 2.75) is 102 Å². The van der Waals surface area contributed by atoms with E-state index in [2.05, 4.69) is 31.7 Å². The molecule has 0 aromatic carbocycles. The van der Waals surface area contributed by atoms with E-state index in [1.54, 1.807) is 7.11 Å². The summed E-state index contributed by atoms with van der Waals surface area (Å²) in [5.41, 5.74) is 0.811. The smallest absolute Gasteiger partial charge is 0.410 e. The van der Waals surface area contributed by atoms with Crippen molar-refractivity contribution in [1.29, 1.82) is 0 Å². The number of rotatable bonds is 8. The third-order valence-electron chi connectivity index (χ3n) is 9.34. The Morgan fingerprint density at radius 1 is 1.14 bits per heavy atom. The number of carbonyl (C=O) groups excluding carboxylic acids is 1. The molecular formula is C28H46N2O5. The first-order chi connectivity index (χ1) is 16.8. The summed E-state index contributed by atoms with van der Waals surface area (Å²) in [6.45, 7) is 12.4. The molecule has 1 amide bonds. The normalized spacial score (nSPS) is 41.1. The number of likely N-dealkylation sites (tertiary alicyclic amines) is 2. The fourth-order valence-electron chi connectivity index (χ4n) is 7.06. The van der Waals surface area contributed by atoms with Gasteiger partial charge in [0, 0.05) is 20.2 Å². The van der Waals surface area contributed by atoms with Gasteiger partial charge in [0.1, 0.15) is 23.4 Å². The second-order valence-electron chi connectivity index (χ2n) is 12.1. The number of carbonyl (C=O) groups is 1. The molecule has 0 aromatic heterocycles. The number of nitrogens with zero attached hydrogens (tertiary/aromatic N) is 2. The van der Waals surface area contributed by atoms with Gasteiger partial charge in [0.25, 0.3) is 0 Å². The highest BCUT2D eigenvalue weighted by molar-refractivity contribution is 5.68. The lowest BCUT2D eigenvalue weighted by Crippen LogP contribution is -2.56. The van der Waals surface area contributed by atoms with E-state index in [1.165, 1.54) is 44.3 Å². The number of methoxy groups -OCH3 is 1. The minimum absolute atomic E-state index is 0.0676. The van der Waals surface area contributed by atoms with Gasteiger partial charge in [-0.2, -0.15) is 0 Å². The number of amides is 1. The lowest BCUT2D eigenvalue weighted by molar-refractivity contribution is -0.121. The molecule has 0 bridgehead atoms. The first-order valence-electron chi connectivity index (χ1n) is 14.0. The predicted molar refractivity (Wildman–Crippen MR) is 134 cm³/mol. The SMILES string of the molecule is CO[C@@H]1[C@H](OC(=O)N2CC[C@@H](CCN3CCCCC3)C2)CC[C@]2(CO2)[C@H]1[C@@]1(C)O[C@@H]1CC=C(C)C. The first kappa shape index (κ1) is 25.5. The number of allylic oxidation sites excluding steroid dienone is 1. The highest BCUT2D eigenvalue weighted by Crippen LogP contribution is 2.59. The summed E-state index contributed by atoms with van der Waals surface area (Å²) >= 11 is 0. The summed E-state index contributed by atoms with van der Waals surface area (Å²) < 4.78 is 24.5. The number of ether oxygens (including phenoxy) is 4. The van der Waals surface area contributed by atoms with Crippen LogP contribution >= 0.6 is 0 Å². The van der Waals surface area contributed by atoms with Crippen LogP contribution in [0, 0.1) is 11.8 Å². The lowest BCUT2D eigenvalue weighted by atomic mass is 9.68. The van der Waals surface area contributed by atoms with E-state index in [1.807, 2.05) is 4.90 Å². The summed E-state index contributed by atoms with van der Waals surface area (Å²) in [5, 5.41) is 0. The average molecular weight is 491 g/mol. The van der Waals surface area contributed by atoms with Gasteiger partial charge < -0.3 is 28.7 Å². The summed E-state index contributed by atoms with van der Waals surface area (Å²) in [5.74, 6) is 0.650. The second-order valence-corrected chi connectivity index (χ2v) is 12.1. The van der Waals surface area contributed by atoms with Gasteiger partial charge in [-0.05, 0) is 91.3 Å². The van der Waals surface area contributed by atoms with E-state index in [4.69, 9.17) is 18.9 Å². The lowest BCUT2D eigenvalue weighted by Gasteiger charge is -2.43. The van der Waals surface area contributed by atoms with E-state index in [9.17, 15) is 4.79 Å². The Balaban J connectivity index is 1.16. The van der Waals surface area contributed by atoms with Gasteiger partial charge >= 0.3 is 6.09 Å². The molecule has 0 N–H and O–H groups in total. The highest BCUT2D eigenvalue weighted by atomic mass is 16.6. The molecule has 1 spiro atoms. The summed E-state index contributed by atoms with van der Waals surface area (Å²) in [4.78, 5) is 17.7. The molecule has 5 aliphatic rings. The van der Waals surface area contributed by atoms with E-state index >= 15 is 0 Å². The Kier molecular flexibility index (Phi) is 7.51. The molecule has 4 aliphatic heterocycles. The molecule has 5 fully saturated rings. The average Bonchev–Trinajstić information content (AvgIpc) is 3.70. The summed E-state index contributed by atoms with van der Waals surface area (Å²) in [7, 11) is 1.74. The van der Waals surface area contributed by atoms with Gasteiger partial charge in [0.2, 0.25) is 0 Å². The Hall–Kier alpha value is -1.15. The van der Waals surface area contributed by atoms with Crippen LogP contribution in [0.2, 0.25) is 0 Å². The van der Waals surface area contributed by atoms with Gasteiger partial charge in [-0.15, -0.1) is 0 Å². The third kappa shape index (κ3) is 5.43. The van der Waals surface area contributed by atoms with Crippen LogP contribution in [0.1, 0.15) is 72.1 Å². The number of hydrogen-bond acceptors (Lipinski definition) is 6. The number of hydrogen-bond donors (Lipinski definition) is 0. The van der Waals surface area contributed by atoms with E-state index in [-0.39, 0.29) is 41.5 Å². The molecule has 198 valence electrons. The quantitative estimate of drug-likeness (QED) is 0.371. The molecule has 5 rings (SSSR count). The van der Waals surface area contributed by atoms with Crippen molar-refractivity contribution in [3.05, 3.63) is 11.6 Å². The molecule has 0 unspecified atom stereocenters. The molecule has 0 radical (unpaired) electrons. The van der Waals surface area contributed by atoms with E-state index < -0.39 is 0 Å². The Bertz CT molecular complexity index is 788. The maximum absolute atomic E-state index is 13.2. The van der Waals surface area contributed by atoms with Crippen LogP contribution in [0.3, 0.4) is 0 Å². The van der Waals surface area contributed by atoms with Crippen LogP contribution in [-0.2, 0) is 18.9 Å². The van der Waals surface area contributed by atoms with Crippen molar-refractivity contribution >= 4 is 6.09 Å². The maximum atomic E-state index is 13.2. The van der Waals surface area contributed by atoms with Crippen LogP contribution in [0.25, 0.3) is 0 Å². The van der Waals surface area contributed by atoms with E-state index in [0.29, 0.717) is 5.92 Å². The van der Waals surface area contributed by atoms with Crippen molar-refractivity contribution in [2.24, 2.45) is 11.8 Å². The van der Waals surface area contributed by atoms with Crippen LogP contribution in [0.4, 0.5) is 4.79 Å². The summed E-state index contributed by atoms with van der Waals surface area (Å²) in [6.07, 6.45) is 10.6. The van der Waals surface area contributed by atoms with Gasteiger partial charge in [0.05, 0.1) is 18.6 Å². The zero-order valence-electron chi connectivity index (χ0n) is 22.3. The van der Waals surface area contributed by atoms with Gasteiger partial charge in [-0.3, -0.25) is 0 Å². The van der Waals surface area contributed by atoms with Crippen molar-refractivity contribution < 1.29 is 23.7 Å². The molecular weight excluding hydrogens is 444 g/mol. The largest absolute Gasteiger partial charge is 0.443 e. The van der Waals surface area contributed by atoms with Gasteiger partial charge in [0.15, 0.2) is 0 Å². The topological polar surface area (TPSA) is 67.1 Å². The maximum Gasteiger partial charge on any atom is 0.410 e. The molecule has 35 heavy (non-hydrogen) atoms. The predicted octanol–water partition coefficient (Wildman–Crippen LogP) is 4.40. The second kappa shape index (κ2) is 10.3. The summed E-state index contributed by atoms with van der Waals surface area (Å²) in [6, 6.07) is 0. The Labute approximate surface area is 211 Å². The van der Waals surface area contributed by atoms with Crippen molar-refractivity contribution in [1.82, 2.24) is 9.80 Å². The Morgan fingerprint density at radius 2 is 1.91 bits per heavy atom. The van der Waals surface area contributed by atoms with Crippen LogP contribution < -0.4 is 0 Å². The highest BCUT2D eigenvalue weighted by Gasteiger charge is 2.72. The van der Waals surface area contributed by atoms with Crippen LogP contribution in [-0.4, -0.2) is 91.8 Å². The molecule has 7 atom stereocenters. The Morgan fingerprint density at radius 3 is 2.60 bits per heavy atom. The first-order valence-corrected chi connectivity index (χ1v) is 14.0. The van der Waals surface area contributed by atoms with Crippen LogP contribution in [0.5, 0.6) is 0 Å². The zero-order chi connectivity index (χ0) is 24.6. The molecule has 7 nitrogen and oxygen atoms in total. The molecule has 4 heterocycles. The van der Waals surface area contributed by atoms with Crippen LogP contribution in [0.15, 0.2) is 11.6 Å². The zero-order valence-corrected chi connectivity index (χ0v) is 22.3. The molecule has 1 saturated carbocycles. The molecule has 7 heteroatoms. The molecule has 1 aliphatic carbocycles. The standard InChI is InChI=1S/C28H46N2O5/c1-20(2)8-9-23-27(3,35-23)25-24(32-4)22(10-13-28(25)19-33-28)34-26(31)30-17-12-21(18-30)11-16-29-14-6-5-7-15-29/h8,21-25H,5-7,9-19H2,1-4H3/t21-,22-,23-,24-,25-,27+,28+/m1/s1.